The molecule has 1 aliphatic heterocycles. The summed E-state index contributed by atoms with van der Waals surface area (Å²) < 4.78 is 45.2. The minimum atomic E-state index is -4.66. The van der Waals surface area contributed by atoms with Crippen LogP contribution in [0.15, 0.2) is 36.4 Å². The van der Waals surface area contributed by atoms with E-state index in [9.17, 15) is 18.0 Å². The summed E-state index contributed by atoms with van der Waals surface area (Å²) in [6, 6.07) is 11.3. The van der Waals surface area contributed by atoms with Crippen LogP contribution in [0.25, 0.3) is 5.65 Å². The Balaban J connectivity index is 1.43. The smallest absolute Gasteiger partial charge is 0.426 e. The van der Waals surface area contributed by atoms with Gasteiger partial charge < -0.3 is 9.64 Å². The molecule has 0 N–H and O–H groups in total. The molecule has 3 heterocycles. The number of anilines is 1. The number of esters is 1. The van der Waals surface area contributed by atoms with Gasteiger partial charge in [0.05, 0.1) is 17.6 Å². The van der Waals surface area contributed by atoms with Gasteiger partial charge in [0.2, 0.25) is 0 Å². The number of halogens is 3. The molecule has 0 atom stereocenters. The van der Waals surface area contributed by atoms with Crippen LogP contribution in [0.1, 0.15) is 24.2 Å². The third-order valence-corrected chi connectivity index (χ3v) is 4.84. The molecule has 0 unspecified atom stereocenters. The first-order chi connectivity index (χ1) is 14.3. The third-order valence-electron chi connectivity index (χ3n) is 4.84. The van der Waals surface area contributed by atoms with E-state index >= 15 is 0 Å². The van der Waals surface area contributed by atoms with Crippen LogP contribution >= 0.6 is 0 Å². The van der Waals surface area contributed by atoms with Crippen molar-refractivity contribution in [2.75, 3.05) is 18.0 Å². The van der Waals surface area contributed by atoms with Crippen molar-refractivity contribution in [2.45, 2.75) is 19.0 Å². The summed E-state index contributed by atoms with van der Waals surface area (Å²) in [4.78, 5) is 14.2. The molecule has 154 valence electrons. The number of nitrogens with zero attached hydrogens (tertiary/aromatic N) is 6. The molecule has 4 rings (SSSR count). The lowest BCUT2D eigenvalue weighted by molar-refractivity contribution is -0.146. The molecule has 1 saturated heterocycles. The molecule has 0 aliphatic carbocycles. The van der Waals surface area contributed by atoms with Crippen molar-refractivity contribution in [1.29, 1.82) is 5.26 Å². The van der Waals surface area contributed by atoms with Gasteiger partial charge in [0.1, 0.15) is 11.6 Å². The maximum Gasteiger partial charge on any atom is 0.453 e. The lowest BCUT2D eigenvalue weighted by atomic mass is 9.97. The largest absolute Gasteiger partial charge is 0.453 e. The minimum Gasteiger partial charge on any atom is -0.426 e. The summed E-state index contributed by atoms with van der Waals surface area (Å²) in [5.41, 5.74) is 0.396. The quantitative estimate of drug-likeness (QED) is 0.478. The number of alkyl halides is 3. The molecule has 1 aromatic carbocycles. The number of hydrogen-bond donors (Lipinski definition) is 0. The van der Waals surface area contributed by atoms with Gasteiger partial charge in [0, 0.05) is 13.1 Å². The average molecular weight is 416 g/mol. The number of fused-ring (bicyclic) bond motifs is 1. The Labute approximate surface area is 168 Å². The summed E-state index contributed by atoms with van der Waals surface area (Å²) >= 11 is 0. The predicted molar refractivity (Wildman–Crippen MR) is 97.5 cm³/mol. The van der Waals surface area contributed by atoms with Crippen molar-refractivity contribution in [3.05, 3.63) is 47.8 Å². The molecule has 1 aliphatic rings. The van der Waals surface area contributed by atoms with Crippen LogP contribution < -0.4 is 9.64 Å². The first-order valence-electron chi connectivity index (χ1n) is 9.11. The fourth-order valence-electron chi connectivity index (χ4n) is 3.30. The summed E-state index contributed by atoms with van der Waals surface area (Å²) in [7, 11) is 0. The van der Waals surface area contributed by atoms with Gasteiger partial charge in [0.15, 0.2) is 5.65 Å². The van der Waals surface area contributed by atoms with Crippen LogP contribution in [0.3, 0.4) is 0 Å². The number of ether oxygens (including phenoxy) is 1. The second kappa shape index (κ2) is 7.62. The minimum absolute atomic E-state index is 0.00383. The zero-order valence-corrected chi connectivity index (χ0v) is 15.5. The van der Waals surface area contributed by atoms with E-state index in [1.54, 1.807) is 29.2 Å². The van der Waals surface area contributed by atoms with Crippen LogP contribution in [-0.2, 0) is 11.0 Å². The van der Waals surface area contributed by atoms with Gasteiger partial charge in [0.25, 0.3) is 5.82 Å². The van der Waals surface area contributed by atoms with Crippen LogP contribution in [0.5, 0.6) is 5.75 Å². The number of piperidine rings is 1. The van der Waals surface area contributed by atoms with E-state index in [-0.39, 0.29) is 11.6 Å². The van der Waals surface area contributed by atoms with Crippen LogP contribution in [0.4, 0.5) is 19.0 Å². The topological polar surface area (TPSA) is 96.4 Å². The fraction of sp³-hybridized carbons (Fsp3) is 0.316. The molecule has 2 aromatic heterocycles. The highest BCUT2D eigenvalue weighted by Crippen LogP contribution is 2.29. The second-order valence-corrected chi connectivity index (χ2v) is 6.80. The number of carbonyl (C=O) groups is 1. The van der Waals surface area contributed by atoms with Crippen LogP contribution in [-0.4, -0.2) is 38.9 Å². The molecule has 0 radical (unpaired) electrons. The molecule has 0 amide bonds. The summed E-state index contributed by atoms with van der Waals surface area (Å²) in [5, 5.41) is 19.6. The molecule has 0 spiro atoms. The van der Waals surface area contributed by atoms with E-state index in [0.29, 0.717) is 47.6 Å². The molecule has 8 nitrogen and oxygen atoms in total. The van der Waals surface area contributed by atoms with Gasteiger partial charge in [-0.05, 0) is 43.2 Å². The van der Waals surface area contributed by atoms with Crippen molar-refractivity contribution in [2.24, 2.45) is 5.92 Å². The fourth-order valence-corrected chi connectivity index (χ4v) is 3.30. The maximum atomic E-state index is 13.0. The maximum absolute atomic E-state index is 13.0. The SMILES string of the molecule is N#Cc1cccc(OC(=O)C2CCN(c3ccc4nnc(C(F)(F)F)n4n3)CC2)c1. The Morgan fingerprint density at radius 2 is 1.93 bits per heavy atom. The molecule has 0 bridgehead atoms. The van der Waals surface area contributed by atoms with Crippen LogP contribution in [0.2, 0.25) is 0 Å². The summed E-state index contributed by atoms with van der Waals surface area (Å²) in [6.07, 6.45) is -3.74. The highest BCUT2D eigenvalue weighted by molar-refractivity contribution is 5.75. The lowest BCUT2D eigenvalue weighted by Gasteiger charge is -2.31. The second-order valence-electron chi connectivity index (χ2n) is 6.80. The first kappa shape index (κ1) is 19.6. The number of hydrogen-bond acceptors (Lipinski definition) is 7. The first-order valence-corrected chi connectivity index (χ1v) is 9.11. The number of rotatable bonds is 3. The van der Waals surface area contributed by atoms with E-state index in [1.165, 1.54) is 12.1 Å². The zero-order chi connectivity index (χ0) is 21.3. The summed E-state index contributed by atoms with van der Waals surface area (Å²) in [5.74, 6) is -1.28. The third kappa shape index (κ3) is 3.89. The lowest BCUT2D eigenvalue weighted by Crippen LogP contribution is -2.38. The van der Waals surface area contributed by atoms with Gasteiger partial charge in [-0.1, -0.05) is 6.07 Å². The molecule has 11 heteroatoms. The Hall–Kier alpha value is -3.68. The molecular formula is C19H15F3N6O2. The molecule has 30 heavy (non-hydrogen) atoms. The van der Waals surface area contributed by atoms with Crippen molar-refractivity contribution in [3.63, 3.8) is 0 Å². The molecule has 3 aromatic rings. The van der Waals surface area contributed by atoms with Gasteiger partial charge >= 0.3 is 12.1 Å². The van der Waals surface area contributed by atoms with Crippen molar-refractivity contribution in [1.82, 2.24) is 19.8 Å². The van der Waals surface area contributed by atoms with E-state index < -0.39 is 18.0 Å². The highest BCUT2D eigenvalue weighted by atomic mass is 19.4. The van der Waals surface area contributed by atoms with Crippen molar-refractivity contribution < 1.29 is 22.7 Å². The van der Waals surface area contributed by atoms with Crippen LogP contribution in [0, 0.1) is 17.2 Å². The monoisotopic (exact) mass is 416 g/mol. The normalized spacial score (nSPS) is 15.2. The Morgan fingerprint density at radius 1 is 1.17 bits per heavy atom. The summed E-state index contributed by atoms with van der Waals surface area (Å²) in [6.45, 7) is 0.861. The van der Waals surface area contributed by atoms with E-state index in [0.717, 1.165) is 0 Å². The predicted octanol–water partition coefficient (Wildman–Crippen LogP) is 2.84. The average Bonchev–Trinajstić information content (AvgIpc) is 3.18. The Kier molecular flexibility index (Phi) is 4.99. The van der Waals surface area contributed by atoms with E-state index in [2.05, 4.69) is 15.3 Å². The molecule has 1 fully saturated rings. The standard InChI is InChI=1S/C19H15F3N6O2/c20-19(21,22)18-25-24-15-4-5-16(26-28(15)18)27-8-6-13(7-9-27)17(29)30-14-3-1-2-12(10-14)11-23/h1-5,10,13H,6-9H2. The van der Waals surface area contributed by atoms with Gasteiger partial charge in [-0.15, -0.1) is 15.3 Å². The molecule has 0 saturated carbocycles. The molecular weight excluding hydrogens is 401 g/mol. The number of carbonyl (C=O) groups excluding carboxylic acids is 1. The van der Waals surface area contributed by atoms with E-state index in [1.807, 2.05) is 6.07 Å². The number of aromatic nitrogens is 4. The van der Waals surface area contributed by atoms with Gasteiger partial charge in [-0.2, -0.15) is 22.9 Å². The zero-order valence-electron chi connectivity index (χ0n) is 15.5. The highest BCUT2D eigenvalue weighted by Gasteiger charge is 2.38. The van der Waals surface area contributed by atoms with Gasteiger partial charge in [-0.3, -0.25) is 4.79 Å². The van der Waals surface area contributed by atoms with Crippen molar-refractivity contribution in [3.8, 4) is 11.8 Å². The van der Waals surface area contributed by atoms with Crippen molar-refractivity contribution >= 4 is 17.4 Å². The van der Waals surface area contributed by atoms with E-state index in [4.69, 9.17) is 10.00 Å². The Morgan fingerprint density at radius 3 is 2.63 bits per heavy atom. The number of nitriles is 1. The number of benzene rings is 1. The Bertz CT molecular complexity index is 1130. The van der Waals surface area contributed by atoms with Gasteiger partial charge in [-0.25, -0.2) is 0 Å².